The lowest BCUT2D eigenvalue weighted by Crippen LogP contribution is -2.50. The van der Waals surface area contributed by atoms with Gasteiger partial charge in [0.05, 0.1) is 24.4 Å². The van der Waals surface area contributed by atoms with Crippen LogP contribution in [-0.2, 0) is 9.53 Å². The first-order chi connectivity index (χ1) is 13.5. The Hall–Kier alpha value is -1.54. The molecule has 29 heavy (non-hydrogen) atoms. The van der Waals surface area contributed by atoms with Crippen molar-refractivity contribution in [2.75, 3.05) is 32.7 Å². The van der Waals surface area contributed by atoms with E-state index in [0.29, 0.717) is 25.6 Å². The van der Waals surface area contributed by atoms with Crippen molar-refractivity contribution >= 4 is 29.8 Å². The molecule has 4 atom stereocenters. The second-order valence-corrected chi connectivity index (χ2v) is 8.81. The Bertz CT molecular complexity index is 792. The molecule has 2 unspecified atom stereocenters. The molecule has 2 aromatic rings. The zero-order chi connectivity index (χ0) is 19.7. The number of aromatic nitrogens is 2. The first-order valence-electron chi connectivity index (χ1n) is 9.98. The number of morpholine rings is 1. The number of carbonyl (C=O) groups excluding carboxylic acids is 1. The lowest BCUT2D eigenvalue weighted by atomic mass is 9.87. The maximum absolute atomic E-state index is 12.9. The van der Waals surface area contributed by atoms with E-state index in [1.165, 1.54) is 22.7 Å². The van der Waals surface area contributed by atoms with Gasteiger partial charge in [-0.25, -0.2) is 0 Å². The third-order valence-electron chi connectivity index (χ3n) is 5.79. The SMILES string of the molecule is Cc1ccc([C@@H]2CN(CC(=O)N3CC(C)OC(C)C3)C[C@H]2c2csnn2)cc1.Cl. The van der Waals surface area contributed by atoms with E-state index in [2.05, 4.69) is 45.7 Å². The van der Waals surface area contributed by atoms with Crippen molar-refractivity contribution in [3.05, 3.63) is 46.5 Å². The Labute approximate surface area is 182 Å². The van der Waals surface area contributed by atoms with Crippen molar-refractivity contribution in [2.24, 2.45) is 0 Å². The predicted molar refractivity (Wildman–Crippen MR) is 117 cm³/mol. The fraction of sp³-hybridized carbons (Fsp3) is 0.571. The van der Waals surface area contributed by atoms with Crippen LogP contribution in [0.25, 0.3) is 0 Å². The highest BCUT2D eigenvalue weighted by molar-refractivity contribution is 7.03. The molecule has 0 bridgehead atoms. The number of aryl methyl sites for hydroxylation is 1. The van der Waals surface area contributed by atoms with Gasteiger partial charge < -0.3 is 9.64 Å². The van der Waals surface area contributed by atoms with Crippen molar-refractivity contribution in [1.82, 2.24) is 19.4 Å². The minimum Gasteiger partial charge on any atom is -0.372 e. The molecule has 0 radical (unpaired) electrons. The molecular weight excluding hydrogens is 408 g/mol. The number of carbonyl (C=O) groups is 1. The van der Waals surface area contributed by atoms with Gasteiger partial charge in [0.1, 0.15) is 0 Å². The van der Waals surface area contributed by atoms with Gasteiger partial charge in [-0.3, -0.25) is 9.69 Å². The Balaban J connectivity index is 0.00000240. The fourth-order valence-electron chi connectivity index (χ4n) is 4.47. The van der Waals surface area contributed by atoms with E-state index in [9.17, 15) is 4.79 Å². The number of nitrogens with zero attached hydrogens (tertiary/aromatic N) is 4. The van der Waals surface area contributed by atoms with E-state index in [-0.39, 0.29) is 36.4 Å². The number of halogens is 1. The van der Waals surface area contributed by atoms with E-state index < -0.39 is 0 Å². The molecule has 6 nitrogen and oxygen atoms in total. The van der Waals surface area contributed by atoms with Crippen molar-refractivity contribution in [2.45, 2.75) is 44.8 Å². The van der Waals surface area contributed by atoms with Crippen molar-refractivity contribution < 1.29 is 9.53 Å². The second-order valence-electron chi connectivity index (χ2n) is 8.20. The number of rotatable bonds is 4. The normalized spacial score (nSPS) is 27.6. The molecule has 1 aromatic carbocycles. The average molecular weight is 437 g/mol. The Kier molecular flexibility index (Phi) is 7.27. The number of hydrogen-bond donors (Lipinski definition) is 0. The molecule has 8 heteroatoms. The quantitative estimate of drug-likeness (QED) is 0.737. The van der Waals surface area contributed by atoms with Crippen LogP contribution >= 0.6 is 23.9 Å². The van der Waals surface area contributed by atoms with Crippen molar-refractivity contribution in [3.63, 3.8) is 0 Å². The smallest absolute Gasteiger partial charge is 0.236 e. The highest BCUT2D eigenvalue weighted by Crippen LogP contribution is 2.39. The minimum atomic E-state index is 0. The molecular formula is C21H29ClN4O2S. The summed E-state index contributed by atoms with van der Waals surface area (Å²) in [6, 6.07) is 8.75. The van der Waals surface area contributed by atoms with Crippen LogP contribution in [0, 0.1) is 6.92 Å². The maximum Gasteiger partial charge on any atom is 0.236 e. The molecule has 0 N–H and O–H groups in total. The molecule has 1 aromatic heterocycles. The largest absolute Gasteiger partial charge is 0.372 e. The van der Waals surface area contributed by atoms with Crippen LogP contribution < -0.4 is 0 Å². The number of likely N-dealkylation sites (tertiary alicyclic amines) is 1. The third-order valence-corrected chi connectivity index (χ3v) is 6.31. The van der Waals surface area contributed by atoms with Crippen molar-refractivity contribution in [3.8, 4) is 0 Å². The van der Waals surface area contributed by atoms with E-state index in [0.717, 1.165) is 18.8 Å². The molecule has 2 aliphatic heterocycles. The third kappa shape index (κ3) is 5.15. The highest BCUT2D eigenvalue weighted by Gasteiger charge is 2.38. The summed E-state index contributed by atoms with van der Waals surface area (Å²) in [6.07, 6.45) is 0.195. The van der Waals surface area contributed by atoms with Gasteiger partial charge >= 0.3 is 0 Å². The molecule has 0 aliphatic carbocycles. The molecule has 2 saturated heterocycles. The molecule has 3 heterocycles. The summed E-state index contributed by atoms with van der Waals surface area (Å²) in [4.78, 5) is 17.2. The summed E-state index contributed by atoms with van der Waals surface area (Å²) in [5, 5.41) is 6.39. The fourth-order valence-corrected chi connectivity index (χ4v) is 4.99. The Morgan fingerprint density at radius 2 is 1.76 bits per heavy atom. The lowest BCUT2D eigenvalue weighted by Gasteiger charge is -2.36. The predicted octanol–water partition coefficient (Wildman–Crippen LogP) is 3.09. The number of ether oxygens (including phenoxy) is 1. The van der Waals surface area contributed by atoms with E-state index in [1.807, 2.05) is 24.1 Å². The van der Waals surface area contributed by atoms with Gasteiger partial charge in [0.25, 0.3) is 0 Å². The van der Waals surface area contributed by atoms with Crippen molar-refractivity contribution in [1.29, 1.82) is 0 Å². The van der Waals surface area contributed by atoms with E-state index >= 15 is 0 Å². The molecule has 2 fully saturated rings. The molecule has 2 aliphatic rings. The van der Waals surface area contributed by atoms with E-state index in [4.69, 9.17) is 4.74 Å². The Morgan fingerprint density at radius 3 is 2.38 bits per heavy atom. The molecule has 0 saturated carbocycles. The summed E-state index contributed by atoms with van der Waals surface area (Å²) in [6.45, 7) is 9.69. The Morgan fingerprint density at radius 1 is 1.10 bits per heavy atom. The van der Waals surface area contributed by atoms with E-state index in [1.54, 1.807) is 0 Å². The van der Waals surface area contributed by atoms with Crippen LogP contribution in [-0.4, -0.2) is 70.2 Å². The minimum absolute atomic E-state index is 0. The molecule has 0 spiro atoms. The van der Waals surface area contributed by atoms with Crippen LogP contribution in [0.15, 0.2) is 29.6 Å². The van der Waals surface area contributed by atoms with Gasteiger partial charge in [0.15, 0.2) is 0 Å². The number of benzene rings is 1. The summed E-state index contributed by atoms with van der Waals surface area (Å²) < 4.78 is 9.83. The molecule has 158 valence electrons. The highest BCUT2D eigenvalue weighted by atomic mass is 35.5. The summed E-state index contributed by atoms with van der Waals surface area (Å²) in [7, 11) is 0. The summed E-state index contributed by atoms with van der Waals surface area (Å²) >= 11 is 1.40. The zero-order valence-corrected chi connectivity index (χ0v) is 18.8. The molecule has 4 rings (SSSR count). The number of hydrogen-bond acceptors (Lipinski definition) is 6. The average Bonchev–Trinajstić information content (AvgIpc) is 3.31. The standard InChI is InChI=1S/C21H28N4O2S.ClH/c1-14-4-6-17(7-5-14)18-10-24(11-19(18)20-13-28-23-22-20)12-21(26)25-8-15(2)27-16(3)9-25;/h4-7,13,15-16,18-19H,8-12H2,1-3H3;1H/t15?,16?,18-,19+;/m0./s1. The summed E-state index contributed by atoms with van der Waals surface area (Å²) in [5.41, 5.74) is 3.61. The van der Waals surface area contributed by atoms with Crippen LogP contribution in [0.1, 0.15) is 42.5 Å². The van der Waals surface area contributed by atoms with Gasteiger partial charge in [-0.2, -0.15) is 0 Å². The van der Waals surface area contributed by atoms with Crippen LogP contribution in [0.5, 0.6) is 0 Å². The van der Waals surface area contributed by atoms with Gasteiger partial charge in [0.2, 0.25) is 5.91 Å². The van der Waals surface area contributed by atoms with Crippen LogP contribution in [0.4, 0.5) is 0 Å². The number of amides is 1. The van der Waals surface area contributed by atoms with Gasteiger partial charge in [0, 0.05) is 43.4 Å². The lowest BCUT2D eigenvalue weighted by molar-refractivity contribution is -0.144. The van der Waals surface area contributed by atoms with Gasteiger partial charge in [-0.05, 0) is 37.9 Å². The monoisotopic (exact) mass is 436 g/mol. The van der Waals surface area contributed by atoms with Crippen LogP contribution in [0.2, 0.25) is 0 Å². The summed E-state index contributed by atoms with van der Waals surface area (Å²) in [5.74, 6) is 0.804. The topological polar surface area (TPSA) is 58.6 Å². The molecule has 1 amide bonds. The second kappa shape index (κ2) is 9.51. The maximum atomic E-state index is 12.9. The zero-order valence-electron chi connectivity index (χ0n) is 17.2. The van der Waals surface area contributed by atoms with Crippen LogP contribution in [0.3, 0.4) is 0 Å². The first kappa shape index (κ1) is 22.2. The first-order valence-corrected chi connectivity index (χ1v) is 10.8. The van der Waals surface area contributed by atoms with Gasteiger partial charge in [-0.15, -0.1) is 17.5 Å². The van der Waals surface area contributed by atoms with Gasteiger partial charge in [-0.1, -0.05) is 34.3 Å².